The van der Waals surface area contributed by atoms with Crippen molar-refractivity contribution in [3.05, 3.63) is 89.9 Å². The Hall–Kier alpha value is -3.39. The summed E-state index contributed by atoms with van der Waals surface area (Å²) in [6.07, 6.45) is -3.50. The van der Waals surface area contributed by atoms with E-state index in [4.69, 9.17) is 0 Å². The Balaban J connectivity index is 1.69. The van der Waals surface area contributed by atoms with Crippen LogP contribution in [-0.4, -0.2) is 27.6 Å². The van der Waals surface area contributed by atoms with E-state index in [1.165, 1.54) is 53.3 Å². The van der Waals surface area contributed by atoms with E-state index in [9.17, 15) is 22.7 Å². The summed E-state index contributed by atoms with van der Waals surface area (Å²) in [6.45, 7) is 1.12. The van der Waals surface area contributed by atoms with E-state index in [2.05, 4.69) is 10.4 Å². The van der Waals surface area contributed by atoms with Crippen LogP contribution in [0.15, 0.2) is 72.9 Å². The van der Waals surface area contributed by atoms with E-state index >= 15 is 0 Å². The van der Waals surface area contributed by atoms with Gasteiger partial charge in [0.05, 0.1) is 23.9 Å². The predicted octanol–water partition coefficient (Wildman–Crippen LogP) is 5.34. The van der Waals surface area contributed by atoms with Gasteiger partial charge in [-0.3, -0.25) is 0 Å². The first-order valence-electron chi connectivity index (χ1n) is 9.51. The fourth-order valence-electron chi connectivity index (χ4n) is 3.35. The van der Waals surface area contributed by atoms with Crippen molar-refractivity contribution in [2.45, 2.75) is 18.7 Å². The minimum absolute atomic E-state index is 0.300. The Kier molecular flexibility index (Phi) is 5.18. The Bertz CT molecular complexity index is 1200. The minimum atomic E-state index is -4.91. The number of rotatable bonds is 5. The SMILES string of the molecule is Cc1ccc(NCC(O)(c2ccc3c(cnn3-c3ccc(F)cc3)c2)C(F)(F)F)cc1. The van der Waals surface area contributed by atoms with Crippen molar-refractivity contribution in [2.75, 3.05) is 11.9 Å². The first kappa shape index (κ1) is 20.9. The van der Waals surface area contributed by atoms with E-state index in [1.54, 1.807) is 24.3 Å². The Labute approximate surface area is 175 Å². The first-order chi connectivity index (χ1) is 14.7. The molecule has 31 heavy (non-hydrogen) atoms. The molecular weight excluding hydrogens is 410 g/mol. The summed E-state index contributed by atoms with van der Waals surface area (Å²) < 4.78 is 56.4. The maximum atomic E-state index is 13.9. The van der Waals surface area contributed by atoms with Crippen LogP contribution in [0.1, 0.15) is 11.1 Å². The molecule has 4 nitrogen and oxygen atoms in total. The number of aromatic nitrogens is 2. The molecule has 2 N–H and O–H groups in total. The molecule has 1 aromatic heterocycles. The smallest absolute Gasteiger partial charge is 0.381 e. The zero-order valence-electron chi connectivity index (χ0n) is 16.5. The topological polar surface area (TPSA) is 50.1 Å². The fourth-order valence-corrected chi connectivity index (χ4v) is 3.35. The van der Waals surface area contributed by atoms with Crippen molar-refractivity contribution in [3.63, 3.8) is 0 Å². The van der Waals surface area contributed by atoms with Crippen molar-refractivity contribution in [2.24, 2.45) is 0 Å². The third kappa shape index (κ3) is 3.98. The molecule has 160 valence electrons. The molecule has 0 aliphatic heterocycles. The number of anilines is 1. The van der Waals surface area contributed by atoms with Crippen LogP contribution in [0, 0.1) is 12.7 Å². The number of fused-ring (bicyclic) bond motifs is 1. The third-order valence-electron chi connectivity index (χ3n) is 5.19. The molecule has 8 heteroatoms. The van der Waals surface area contributed by atoms with Crippen molar-refractivity contribution in [3.8, 4) is 5.69 Å². The average Bonchev–Trinajstić information content (AvgIpc) is 3.16. The van der Waals surface area contributed by atoms with Crippen LogP contribution in [0.4, 0.5) is 23.2 Å². The second-order valence-corrected chi connectivity index (χ2v) is 7.38. The quantitative estimate of drug-likeness (QED) is 0.422. The number of aryl methyl sites for hydroxylation is 1. The predicted molar refractivity (Wildman–Crippen MR) is 111 cm³/mol. The number of hydrogen-bond acceptors (Lipinski definition) is 3. The third-order valence-corrected chi connectivity index (χ3v) is 5.19. The second kappa shape index (κ2) is 7.70. The Morgan fingerprint density at radius 2 is 1.65 bits per heavy atom. The number of alkyl halides is 3. The lowest BCUT2D eigenvalue weighted by Crippen LogP contribution is -2.47. The Morgan fingerprint density at radius 3 is 2.29 bits per heavy atom. The normalized spacial score (nSPS) is 13.9. The maximum absolute atomic E-state index is 13.9. The molecule has 0 saturated heterocycles. The van der Waals surface area contributed by atoms with Crippen LogP contribution in [0.3, 0.4) is 0 Å². The fraction of sp³-hybridized carbons (Fsp3) is 0.174. The molecule has 3 aromatic carbocycles. The van der Waals surface area contributed by atoms with E-state index in [0.717, 1.165) is 5.56 Å². The Morgan fingerprint density at radius 1 is 0.968 bits per heavy atom. The monoisotopic (exact) mass is 429 g/mol. The molecule has 0 fully saturated rings. The molecule has 0 aliphatic rings. The van der Waals surface area contributed by atoms with Gasteiger partial charge in [0.1, 0.15) is 5.82 Å². The zero-order chi connectivity index (χ0) is 22.2. The molecule has 4 rings (SSSR count). The number of halogens is 4. The summed E-state index contributed by atoms with van der Waals surface area (Å²) in [6, 6.07) is 16.4. The summed E-state index contributed by atoms with van der Waals surface area (Å²) in [7, 11) is 0. The summed E-state index contributed by atoms with van der Waals surface area (Å²) in [4.78, 5) is 0. The van der Waals surface area contributed by atoms with Crippen molar-refractivity contribution in [1.82, 2.24) is 9.78 Å². The molecule has 0 amide bonds. The van der Waals surface area contributed by atoms with Crippen molar-refractivity contribution in [1.29, 1.82) is 0 Å². The van der Waals surface area contributed by atoms with Crippen LogP contribution in [0.25, 0.3) is 16.6 Å². The van der Waals surface area contributed by atoms with Gasteiger partial charge >= 0.3 is 6.18 Å². The molecule has 4 aromatic rings. The molecule has 1 unspecified atom stereocenters. The van der Waals surface area contributed by atoms with Gasteiger partial charge in [-0.15, -0.1) is 0 Å². The highest BCUT2D eigenvalue weighted by Crippen LogP contribution is 2.40. The molecule has 0 aliphatic carbocycles. The molecule has 1 atom stereocenters. The van der Waals surface area contributed by atoms with E-state index in [0.29, 0.717) is 22.3 Å². The minimum Gasteiger partial charge on any atom is -0.381 e. The van der Waals surface area contributed by atoms with Crippen molar-refractivity contribution >= 4 is 16.6 Å². The van der Waals surface area contributed by atoms with E-state index < -0.39 is 24.1 Å². The van der Waals surface area contributed by atoms with Crippen molar-refractivity contribution < 1.29 is 22.7 Å². The molecule has 1 heterocycles. The number of hydrogen-bond donors (Lipinski definition) is 2. The lowest BCUT2D eigenvalue weighted by atomic mass is 9.92. The van der Waals surface area contributed by atoms with Gasteiger partial charge in [-0.1, -0.05) is 23.8 Å². The highest BCUT2D eigenvalue weighted by atomic mass is 19.4. The van der Waals surface area contributed by atoms with E-state index in [-0.39, 0.29) is 5.56 Å². The van der Waals surface area contributed by atoms with Gasteiger partial charge in [0, 0.05) is 11.1 Å². The van der Waals surface area contributed by atoms with Gasteiger partial charge in [-0.25, -0.2) is 9.07 Å². The standard InChI is InChI=1S/C23H19F4N3O/c1-15-2-7-19(8-3-15)28-14-22(31,23(25,26)27)17-4-11-21-16(12-17)13-29-30(21)20-9-5-18(24)6-10-20/h2-13,28,31H,14H2,1H3. The van der Waals surface area contributed by atoms with Gasteiger partial charge in [-0.05, 0) is 61.0 Å². The highest BCUT2D eigenvalue weighted by molar-refractivity contribution is 5.81. The van der Waals surface area contributed by atoms with Gasteiger partial charge in [0.25, 0.3) is 0 Å². The summed E-state index contributed by atoms with van der Waals surface area (Å²) >= 11 is 0. The first-order valence-corrected chi connectivity index (χ1v) is 9.51. The summed E-state index contributed by atoms with van der Waals surface area (Å²) in [5.41, 5.74) is -0.864. The molecule has 0 radical (unpaired) electrons. The number of nitrogens with one attached hydrogen (secondary N) is 1. The van der Waals surface area contributed by atoms with E-state index in [1.807, 2.05) is 6.92 Å². The lowest BCUT2D eigenvalue weighted by molar-refractivity contribution is -0.260. The molecule has 0 spiro atoms. The van der Waals surface area contributed by atoms with Crippen LogP contribution in [0.2, 0.25) is 0 Å². The van der Waals surface area contributed by atoms with Crippen LogP contribution in [-0.2, 0) is 5.60 Å². The number of benzene rings is 3. The molecule has 0 bridgehead atoms. The second-order valence-electron chi connectivity index (χ2n) is 7.38. The average molecular weight is 429 g/mol. The number of nitrogens with zero attached hydrogens (tertiary/aromatic N) is 2. The molecular formula is C23H19F4N3O. The highest BCUT2D eigenvalue weighted by Gasteiger charge is 2.55. The van der Waals surface area contributed by atoms with Crippen LogP contribution >= 0.6 is 0 Å². The van der Waals surface area contributed by atoms with Gasteiger partial charge in [-0.2, -0.15) is 18.3 Å². The van der Waals surface area contributed by atoms with Crippen LogP contribution in [0.5, 0.6) is 0 Å². The van der Waals surface area contributed by atoms with Gasteiger partial charge in [0.15, 0.2) is 0 Å². The molecule has 0 saturated carbocycles. The zero-order valence-corrected chi connectivity index (χ0v) is 16.5. The maximum Gasteiger partial charge on any atom is 0.423 e. The largest absolute Gasteiger partial charge is 0.423 e. The lowest BCUT2D eigenvalue weighted by Gasteiger charge is -2.31. The van der Waals surface area contributed by atoms with Gasteiger partial charge < -0.3 is 10.4 Å². The summed E-state index contributed by atoms with van der Waals surface area (Å²) in [5.74, 6) is -0.404. The summed E-state index contributed by atoms with van der Waals surface area (Å²) in [5, 5.41) is 18.0. The van der Waals surface area contributed by atoms with Gasteiger partial charge in [0.2, 0.25) is 5.60 Å². The van der Waals surface area contributed by atoms with Crippen LogP contribution < -0.4 is 5.32 Å². The number of aliphatic hydroxyl groups is 1.